The van der Waals surface area contributed by atoms with E-state index in [9.17, 15) is 23.6 Å². The van der Waals surface area contributed by atoms with Gasteiger partial charge in [-0.25, -0.2) is 22.7 Å². The molecule has 0 N–H and O–H groups in total. The molecule has 0 radical (unpaired) electrons. The van der Waals surface area contributed by atoms with Gasteiger partial charge in [-0.15, -0.1) is 0 Å². The summed E-state index contributed by atoms with van der Waals surface area (Å²) < 4.78 is 38.1. The maximum Gasteiger partial charge on any atom is 0.335 e. The Labute approximate surface area is 244 Å². The maximum atomic E-state index is 15.2. The average molecular weight is 588 g/mol. The average Bonchev–Trinajstić information content (AvgIpc) is 3.44. The highest BCUT2D eigenvalue weighted by Gasteiger charge is 2.21. The van der Waals surface area contributed by atoms with Crippen LogP contribution in [0.1, 0.15) is 46.2 Å². The first kappa shape index (κ1) is 29.1. The van der Waals surface area contributed by atoms with E-state index < -0.39 is 34.7 Å². The first-order valence-electron chi connectivity index (χ1n) is 13.3. The molecule has 43 heavy (non-hydrogen) atoms. The molecule has 1 amide bonds. The normalized spacial score (nSPS) is 11.2. The highest BCUT2D eigenvalue weighted by molar-refractivity contribution is 5.97. The second kappa shape index (κ2) is 11.5. The summed E-state index contributed by atoms with van der Waals surface area (Å²) in [5.41, 5.74) is -0.661. The number of fused-ring (bicyclic) bond motifs is 1. The van der Waals surface area contributed by atoms with Gasteiger partial charge >= 0.3 is 5.69 Å². The summed E-state index contributed by atoms with van der Waals surface area (Å²) in [7, 11) is 3.20. The predicted octanol–water partition coefficient (Wildman–Crippen LogP) is 4.43. The first-order valence-corrected chi connectivity index (χ1v) is 13.3. The summed E-state index contributed by atoms with van der Waals surface area (Å²) in [5, 5.41) is 4.15. The third-order valence-corrected chi connectivity index (χ3v) is 6.76. The Morgan fingerprint density at radius 3 is 2.33 bits per heavy atom. The van der Waals surface area contributed by atoms with Crippen molar-refractivity contribution in [2.45, 2.75) is 26.3 Å². The summed E-state index contributed by atoms with van der Waals surface area (Å²) in [6.07, 6.45) is 3.92. The molecule has 5 aromatic rings. The largest absolute Gasteiger partial charge is 0.452 e. The highest BCUT2D eigenvalue weighted by Crippen LogP contribution is 2.30. The van der Waals surface area contributed by atoms with Crippen molar-refractivity contribution < 1.29 is 23.1 Å². The molecule has 5 rings (SSSR count). The van der Waals surface area contributed by atoms with E-state index in [1.54, 1.807) is 40.2 Å². The molecule has 0 unspecified atom stereocenters. The van der Waals surface area contributed by atoms with Crippen molar-refractivity contribution in [1.82, 2.24) is 23.6 Å². The molecule has 0 bridgehead atoms. The highest BCUT2D eigenvalue weighted by atomic mass is 19.1. The number of ether oxygens (including phenoxy) is 1. The van der Waals surface area contributed by atoms with Crippen LogP contribution < -0.4 is 16.0 Å². The lowest BCUT2D eigenvalue weighted by atomic mass is 10.0. The molecular formula is C31H27F2N5O5. The number of benzene rings is 2. The van der Waals surface area contributed by atoms with Crippen molar-refractivity contribution in [2.75, 3.05) is 14.1 Å². The van der Waals surface area contributed by atoms with Gasteiger partial charge in [0.1, 0.15) is 16.9 Å². The quantitative estimate of drug-likeness (QED) is 0.249. The van der Waals surface area contributed by atoms with Crippen LogP contribution in [-0.2, 0) is 6.42 Å². The molecule has 0 saturated carbocycles. The summed E-state index contributed by atoms with van der Waals surface area (Å²) in [4.78, 5) is 53.6. The number of pyridine rings is 1. The first-order chi connectivity index (χ1) is 20.4. The minimum atomic E-state index is -0.865. The summed E-state index contributed by atoms with van der Waals surface area (Å²) in [6, 6.07) is 11.5. The molecule has 0 aliphatic rings. The zero-order valence-corrected chi connectivity index (χ0v) is 23.7. The van der Waals surface area contributed by atoms with Gasteiger partial charge in [-0.1, -0.05) is 6.07 Å². The van der Waals surface area contributed by atoms with Crippen LogP contribution in [0.3, 0.4) is 0 Å². The van der Waals surface area contributed by atoms with E-state index in [1.165, 1.54) is 56.7 Å². The Balaban J connectivity index is 1.46. The summed E-state index contributed by atoms with van der Waals surface area (Å²) in [5.74, 6) is -2.21. The standard InChI is InChI=1S/C31H27F2N5O5/c1-18(2)36-17-23(30(41)38(31(36)42)22-8-6-21(32)7-9-22)26(39)14-19-5-10-27(24(33)13-19)43-28-15-20(29(40)35(3)4)16-37-25(28)11-12-34-37/h5-13,15-18H,14H2,1-4H3. The van der Waals surface area contributed by atoms with E-state index in [4.69, 9.17) is 4.74 Å². The second-order valence-electron chi connectivity index (χ2n) is 10.4. The van der Waals surface area contributed by atoms with Crippen molar-refractivity contribution in [3.8, 4) is 17.2 Å². The monoisotopic (exact) mass is 587 g/mol. The Morgan fingerprint density at radius 2 is 1.67 bits per heavy atom. The van der Waals surface area contributed by atoms with Crippen LogP contribution in [0, 0.1) is 11.6 Å². The van der Waals surface area contributed by atoms with Crippen LogP contribution in [0.2, 0.25) is 0 Å². The van der Waals surface area contributed by atoms with Crippen molar-refractivity contribution in [2.24, 2.45) is 0 Å². The molecule has 0 saturated heterocycles. The minimum absolute atomic E-state index is 0.108. The van der Waals surface area contributed by atoms with E-state index in [0.29, 0.717) is 5.52 Å². The SMILES string of the molecule is CC(C)n1cc(C(=O)Cc2ccc(Oc3cc(C(=O)N(C)C)cn4nccc34)c(F)c2)c(=O)n(-c2ccc(F)cc2)c1=O. The van der Waals surface area contributed by atoms with Gasteiger partial charge in [0.15, 0.2) is 23.1 Å². The molecule has 0 spiro atoms. The number of Topliss-reactive ketones (excluding diaryl/α,β-unsaturated/α-hetero) is 1. The van der Waals surface area contributed by atoms with Crippen LogP contribution in [0.25, 0.3) is 11.2 Å². The molecule has 0 fully saturated rings. The number of carbonyl (C=O) groups is 2. The fourth-order valence-corrected chi connectivity index (χ4v) is 4.54. The van der Waals surface area contributed by atoms with Gasteiger partial charge in [-0.3, -0.25) is 19.0 Å². The molecule has 0 aliphatic carbocycles. The summed E-state index contributed by atoms with van der Waals surface area (Å²) >= 11 is 0. The minimum Gasteiger partial charge on any atom is -0.452 e. The second-order valence-corrected chi connectivity index (χ2v) is 10.4. The van der Waals surface area contributed by atoms with Crippen LogP contribution in [0.15, 0.2) is 82.8 Å². The van der Waals surface area contributed by atoms with Gasteiger partial charge in [0.25, 0.3) is 11.5 Å². The number of nitrogens with zero attached hydrogens (tertiary/aromatic N) is 5. The zero-order chi connectivity index (χ0) is 31.0. The lowest BCUT2D eigenvalue weighted by Gasteiger charge is -2.15. The molecule has 220 valence electrons. The van der Waals surface area contributed by atoms with E-state index in [2.05, 4.69) is 5.10 Å². The number of halogens is 2. The van der Waals surface area contributed by atoms with Crippen LogP contribution in [0.4, 0.5) is 8.78 Å². The number of ketones is 1. The fraction of sp³-hybridized carbons (Fsp3) is 0.194. The lowest BCUT2D eigenvalue weighted by molar-refractivity contribution is 0.0826. The Bertz CT molecular complexity index is 1990. The topological polar surface area (TPSA) is 108 Å². The lowest BCUT2D eigenvalue weighted by Crippen LogP contribution is -2.42. The van der Waals surface area contributed by atoms with E-state index >= 15 is 4.39 Å². The number of carbonyl (C=O) groups excluding carboxylic acids is 2. The Morgan fingerprint density at radius 1 is 0.953 bits per heavy atom. The Hall–Kier alpha value is -5.39. The van der Waals surface area contributed by atoms with Crippen molar-refractivity contribution in [3.05, 3.63) is 122 Å². The molecule has 3 heterocycles. The van der Waals surface area contributed by atoms with Crippen LogP contribution in [-0.4, -0.2) is 49.4 Å². The van der Waals surface area contributed by atoms with Crippen molar-refractivity contribution in [3.63, 3.8) is 0 Å². The van der Waals surface area contributed by atoms with Gasteiger partial charge in [0.05, 0.1) is 17.4 Å². The van der Waals surface area contributed by atoms with E-state index in [1.807, 2.05) is 0 Å². The van der Waals surface area contributed by atoms with Crippen molar-refractivity contribution >= 4 is 17.2 Å². The molecule has 2 aromatic carbocycles. The molecule has 0 aliphatic heterocycles. The van der Waals surface area contributed by atoms with Crippen LogP contribution in [0.5, 0.6) is 11.5 Å². The fourth-order valence-electron chi connectivity index (χ4n) is 4.54. The third-order valence-electron chi connectivity index (χ3n) is 6.76. The van der Waals surface area contributed by atoms with Crippen molar-refractivity contribution in [1.29, 1.82) is 0 Å². The van der Waals surface area contributed by atoms with E-state index in [0.717, 1.165) is 22.8 Å². The molecule has 12 heteroatoms. The number of amides is 1. The molecular weight excluding hydrogens is 560 g/mol. The predicted molar refractivity (Wildman–Crippen MR) is 154 cm³/mol. The molecule has 0 atom stereocenters. The van der Waals surface area contributed by atoms with Crippen LogP contribution >= 0.6 is 0 Å². The maximum absolute atomic E-state index is 15.2. The zero-order valence-electron chi connectivity index (χ0n) is 23.7. The number of rotatable bonds is 8. The Kier molecular flexibility index (Phi) is 7.77. The van der Waals surface area contributed by atoms with E-state index in [-0.39, 0.29) is 46.2 Å². The number of hydrogen-bond acceptors (Lipinski definition) is 6. The van der Waals surface area contributed by atoms with Gasteiger partial charge in [-0.2, -0.15) is 5.10 Å². The smallest absolute Gasteiger partial charge is 0.335 e. The number of hydrogen-bond donors (Lipinski definition) is 0. The van der Waals surface area contributed by atoms with Gasteiger partial charge < -0.3 is 9.64 Å². The van der Waals surface area contributed by atoms with Gasteiger partial charge in [-0.05, 0) is 67.9 Å². The molecule has 10 nitrogen and oxygen atoms in total. The number of aromatic nitrogens is 4. The molecule has 3 aromatic heterocycles. The summed E-state index contributed by atoms with van der Waals surface area (Å²) in [6.45, 7) is 3.43. The third kappa shape index (κ3) is 5.71. The van der Waals surface area contributed by atoms with Gasteiger partial charge in [0.2, 0.25) is 0 Å². The van der Waals surface area contributed by atoms with Gasteiger partial charge in [0, 0.05) is 39.0 Å².